The fourth-order valence-electron chi connectivity index (χ4n) is 4.66. The third-order valence-corrected chi connectivity index (χ3v) is 6.83. The predicted octanol–water partition coefficient (Wildman–Crippen LogP) is 4.35. The molecule has 0 saturated carbocycles. The maximum absolute atomic E-state index is 13.2. The van der Waals surface area contributed by atoms with E-state index in [1.807, 2.05) is 6.07 Å². The van der Waals surface area contributed by atoms with Gasteiger partial charge in [0.2, 0.25) is 5.91 Å². The van der Waals surface area contributed by atoms with Crippen LogP contribution in [0, 0.1) is 11.3 Å². The molecule has 0 spiro atoms. The minimum Gasteiger partial charge on any atom is -0.434 e. The van der Waals surface area contributed by atoms with E-state index in [0.717, 1.165) is 0 Å². The van der Waals surface area contributed by atoms with Gasteiger partial charge in [0.05, 0.1) is 23.6 Å². The van der Waals surface area contributed by atoms with E-state index in [2.05, 4.69) is 4.74 Å². The number of hydrogen-bond donors (Lipinski definition) is 1. The van der Waals surface area contributed by atoms with E-state index in [-0.39, 0.29) is 42.1 Å². The molecule has 0 unspecified atom stereocenters. The lowest BCUT2D eigenvalue weighted by Crippen LogP contribution is -2.55. The zero-order valence-corrected chi connectivity index (χ0v) is 19.9. The Morgan fingerprint density at radius 2 is 2.06 bits per heavy atom. The molecule has 0 aliphatic carbocycles. The summed E-state index contributed by atoms with van der Waals surface area (Å²) in [5.41, 5.74) is 7.20. The van der Waals surface area contributed by atoms with Gasteiger partial charge in [-0.05, 0) is 48.6 Å². The number of carbonyl (C=O) groups excluding carboxylic acids is 1. The van der Waals surface area contributed by atoms with Gasteiger partial charge in [-0.3, -0.25) is 9.69 Å². The van der Waals surface area contributed by atoms with Gasteiger partial charge >= 0.3 is 6.61 Å². The van der Waals surface area contributed by atoms with Crippen LogP contribution in [0.1, 0.15) is 48.4 Å². The smallest absolute Gasteiger partial charge is 0.387 e. The number of benzene rings is 2. The van der Waals surface area contributed by atoms with Crippen molar-refractivity contribution in [3.63, 3.8) is 0 Å². The Labute approximate surface area is 207 Å². The highest BCUT2D eigenvalue weighted by Crippen LogP contribution is 2.40. The fraction of sp³-hybridized carbons (Fsp3) is 0.400. The molecule has 0 aromatic heterocycles. The standard InChI is InChI=1S/C25H25ClF2N4O3/c1-25(13-21(33)32(24(30)31-25)18-7-9-34-10-8-18)19-4-2-3-17(22(19)26)12-16-6-5-15(14-29)11-20(16)35-23(27)28/h2-6,11,18,23H,7-10,12-13H2,1H3,(H2,30,31)/t25-/m0/s1. The molecule has 2 heterocycles. The number of carbonyl (C=O) groups is 1. The molecule has 2 aromatic carbocycles. The van der Waals surface area contributed by atoms with E-state index in [1.54, 1.807) is 36.1 Å². The molecule has 1 atom stereocenters. The Bertz CT molecular complexity index is 1190. The Balaban J connectivity index is 1.66. The summed E-state index contributed by atoms with van der Waals surface area (Å²) in [6, 6.07) is 11.6. The van der Waals surface area contributed by atoms with Gasteiger partial charge in [-0.15, -0.1) is 0 Å². The number of nitrogens with two attached hydrogens (primary N) is 1. The van der Waals surface area contributed by atoms with E-state index in [0.29, 0.717) is 47.8 Å². The van der Waals surface area contributed by atoms with Crippen molar-refractivity contribution < 1.29 is 23.0 Å². The zero-order chi connectivity index (χ0) is 25.2. The lowest BCUT2D eigenvalue weighted by atomic mass is 9.85. The zero-order valence-electron chi connectivity index (χ0n) is 19.1. The van der Waals surface area contributed by atoms with Crippen molar-refractivity contribution in [3.05, 3.63) is 63.7 Å². The topological polar surface area (TPSA) is 101 Å². The maximum Gasteiger partial charge on any atom is 0.387 e. The van der Waals surface area contributed by atoms with Gasteiger partial charge in [-0.2, -0.15) is 14.0 Å². The van der Waals surface area contributed by atoms with Crippen molar-refractivity contribution in [1.82, 2.24) is 4.90 Å². The Kier molecular flexibility index (Phi) is 7.24. The number of ether oxygens (including phenoxy) is 2. The van der Waals surface area contributed by atoms with Crippen LogP contribution >= 0.6 is 11.6 Å². The highest BCUT2D eigenvalue weighted by molar-refractivity contribution is 6.32. The van der Waals surface area contributed by atoms with E-state index in [9.17, 15) is 13.6 Å². The van der Waals surface area contributed by atoms with E-state index < -0.39 is 12.2 Å². The normalized spacial score (nSPS) is 21.1. The molecule has 10 heteroatoms. The number of aliphatic imine (C=N–C) groups is 1. The number of guanidine groups is 1. The second-order valence-corrected chi connectivity index (χ2v) is 9.17. The molecular formula is C25H25ClF2N4O3. The minimum atomic E-state index is -3.03. The number of halogens is 3. The summed E-state index contributed by atoms with van der Waals surface area (Å²) in [5.74, 6) is -0.0705. The van der Waals surface area contributed by atoms with Crippen LogP contribution < -0.4 is 10.5 Å². The average Bonchev–Trinajstić information content (AvgIpc) is 2.81. The highest BCUT2D eigenvalue weighted by Gasteiger charge is 2.41. The number of nitrogens with zero attached hydrogens (tertiary/aromatic N) is 3. The quantitative estimate of drug-likeness (QED) is 0.633. The summed E-state index contributed by atoms with van der Waals surface area (Å²) in [4.78, 5) is 19.4. The van der Waals surface area contributed by atoms with Crippen molar-refractivity contribution in [1.29, 1.82) is 5.26 Å². The summed E-state index contributed by atoms with van der Waals surface area (Å²) < 4.78 is 35.9. The van der Waals surface area contributed by atoms with Crippen molar-refractivity contribution in [2.75, 3.05) is 13.2 Å². The number of rotatable bonds is 6. The maximum atomic E-state index is 13.2. The predicted molar refractivity (Wildman–Crippen MR) is 126 cm³/mol. The molecule has 0 bridgehead atoms. The van der Waals surface area contributed by atoms with E-state index in [4.69, 9.17) is 32.3 Å². The molecule has 2 aliphatic rings. The van der Waals surface area contributed by atoms with Gasteiger partial charge in [0.15, 0.2) is 5.96 Å². The first-order valence-electron chi connectivity index (χ1n) is 11.2. The van der Waals surface area contributed by atoms with Gasteiger partial charge < -0.3 is 15.2 Å². The molecule has 184 valence electrons. The second kappa shape index (κ2) is 10.2. The van der Waals surface area contributed by atoms with Crippen molar-refractivity contribution in [2.24, 2.45) is 10.7 Å². The monoisotopic (exact) mass is 502 g/mol. The third-order valence-electron chi connectivity index (χ3n) is 6.38. The Morgan fingerprint density at radius 3 is 2.71 bits per heavy atom. The molecule has 2 aliphatic heterocycles. The first-order chi connectivity index (χ1) is 16.7. The summed E-state index contributed by atoms with van der Waals surface area (Å²) in [5, 5.41) is 9.47. The molecule has 1 amide bonds. The molecule has 0 radical (unpaired) electrons. The number of hydrogen-bond acceptors (Lipinski definition) is 6. The number of amides is 1. The van der Waals surface area contributed by atoms with Gasteiger partial charge in [0, 0.05) is 30.7 Å². The molecular weight excluding hydrogens is 478 g/mol. The highest BCUT2D eigenvalue weighted by atomic mass is 35.5. The summed E-state index contributed by atoms with van der Waals surface area (Å²) in [7, 11) is 0. The Hall–Kier alpha value is -3.22. The van der Waals surface area contributed by atoms with E-state index >= 15 is 0 Å². The van der Waals surface area contributed by atoms with Crippen molar-refractivity contribution >= 4 is 23.5 Å². The van der Waals surface area contributed by atoms with E-state index in [1.165, 1.54) is 12.1 Å². The van der Waals surface area contributed by atoms with Gasteiger partial charge in [0.1, 0.15) is 5.75 Å². The van der Waals surface area contributed by atoms with Gasteiger partial charge in [-0.1, -0.05) is 35.9 Å². The first kappa shape index (κ1) is 24.9. The van der Waals surface area contributed by atoms with Crippen molar-refractivity contribution in [2.45, 2.75) is 50.8 Å². The molecule has 4 rings (SSSR count). The number of nitriles is 1. The Morgan fingerprint density at radius 1 is 1.31 bits per heavy atom. The van der Waals surface area contributed by atoms with Crippen LogP contribution in [0.2, 0.25) is 5.02 Å². The summed E-state index contributed by atoms with van der Waals surface area (Å²) in [6.07, 6.45) is 1.66. The molecule has 2 N–H and O–H groups in total. The lowest BCUT2D eigenvalue weighted by molar-refractivity contribution is -0.132. The van der Waals surface area contributed by atoms with Crippen LogP contribution in [-0.4, -0.2) is 42.6 Å². The minimum absolute atomic E-state index is 0.0454. The van der Waals surface area contributed by atoms with Crippen LogP contribution in [-0.2, 0) is 21.5 Å². The molecule has 1 saturated heterocycles. The van der Waals surface area contributed by atoms with Crippen LogP contribution in [0.25, 0.3) is 0 Å². The van der Waals surface area contributed by atoms with Crippen molar-refractivity contribution in [3.8, 4) is 11.8 Å². The average molecular weight is 503 g/mol. The van der Waals surface area contributed by atoms with Crippen LogP contribution in [0.5, 0.6) is 5.75 Å². The van der Waals surface area contributed by atoms with Crippen LogP contribution in [0.15, 0.2) is 41.4 Å². The first-order valence-corrected chi connectivity index (χ1v) is 11.6. The molecule has 2 aromatic rings. The second-order valence-electron chi connectivity index (χ2n) is 8.80. The van der Waals surface area contributed by atoms with Crippen LogP contribution in [0.3, 0.4) is 0 Å². The summed E-state index contributed by atoms with van der Waals surface area (Å²) in [6.45, 7) is -0.0940. The SMILES string of the molecule is C[C@@]1(c2cccc(Cc3ccc(C#N)cc3OC(F)F)c2Cl)CC(=O)N(C2CCOCC2)C(N)=N1. The van der Waals surface area contributed by atoms with Crippen LogP contribution in [0.4, 0.5) is 8.78 Å². The molecule has 35 heavy (non-hydrogen) atoms. The third kappa shape index (κ3) is 5.24. The fourth-order valence-corrected chi connectivity index (χ4v) is 5.05. The lowest BCUT2D eigenvalue weighted by Gasteiger charge is -2.40. The molecule has 7 nitrogen and oxygen atoms in total. The van der Waals surface area contributed by atoms with Gasteiger partial charge in [0.25, 0.3) is 0 Å². The van der Waals surface area contributed by atoms with Gasteiger partial charge in [-0.25, -0.2) is 4.99 Å². The largest absolute Gasteiger partial charge is 0.434 e. The number of alkyl halides is 2. The summed E-state index contributed by atoms with van der Waals surface area (Å²) >= 11 is 6.79. The molecule has 1 fully saturated rings.